The fourth-order valence-electron chi connectivity index (χ4n) is 1.88. The molecule has 96 valence electrons. The molecule has 0 aliphatic rings. The van der Waals surface area contributed by atoms with Crippen LogP contribution in [0.4, 0.5) is 5.69 Å². The fourth-order valence-corrected chi connectivity index (χ4v) is 2.41. The van der Waals surface area contributed by atoms with Crippen LogP contribution >= 0.6 is 23.2 Å². The van der Waals surface area contributed by atoms with Crippen LogP contribution < -0.4 is 5.32 Å². The molecule has 1 N–H and O–H groups in total. The summed E-state index contributed by atoms with van der Waals surface area (Å²) in [4.78, 5) is 0. The van der Waals surface area contributed by atoms with E-state index in [9.17, 15) is 0 Å². The van der Waals surface area contributed by atoms with Crippen molar-refractivity contribution in [2.45, 2.75) is 19.9 Å². The van der Waals surface area contributed by atoms with Gasteiger partial charge in [-0.1, -0.05) is 30.1 Å². The first kappa shape index (κ1) is 13.2. The molecule has 5 heteroatoms. The molecule has 0 saturated heterocycles. The highest BCUT2D eigenvalue weighted by Gasteiger charge is 2.06. The summed E-state index contributed by atoms with van der Waals surface area (Å²) >= 11 is 11.9. The molecule has 0 saturated carbocycles. The van der Waals surface area contributed by atoms with Gasteiger partial charge < -0.3 is 5.32 Å². The molecule has 0 unspecified atom stereocenters. The maximum atomic E-state index is 5.95. The number of aromatic nitrogens is 2. The van der Waals surface area contributed by atoms with Gasteiger partial charge in [0, 0.05) is 41.1 Å². The molecular weight excluding hydrogens is 269 g/mol. The molecule has 3 nitrogen and oxygen atoms in total. The third-order valence-electron chi connectivity index (χ3n) is 2.67. The summed E-state index contributed by atoms with van der Waals surface area (Å²) in [5.74, 6) is 0. The van der Waals surface area contributed by atoms with Crippen molar-refractivity contribution >= 4 is 28.9 Å². The van der Waals surface area contributed by atoms with Gasteiger partial charge >= 0.3 is 0 Å². The van der Waals surface area contributed by atoms with Crippen molar-refractivity contribution in [2.75, 3.05) is 5.32 Å². The minimum Gasteiger partial charge on any atom is -0.381 e. The van der Waals surface area contributed by atoms with Crippen LogP contribution in [0.25, 0.3) is 0 Å². The van der Waals surface area contributed by atoms with E-state index in [-0.39, 0.29) is 0 Å². The predicted octanol–water partition coefficient (Wildman–Crippen LogP) is 3.90. The zero-order valence-corrected chi connectivity index (χ0v) is 11.9. The van der Waals surface area contributed by atoms with E-state index in [0.717, 1.165) is 17.8 Å². The number of nitrogens with one attached hydrogen (secondary N) is 1. The highest BCUT2D eigenvalue weighted by molar-refractivity contribution is 6.35. The number of benzene rings is 1. The molecule has 0 bridgehead atoms. The van der Waals surface area contributed by atoms with Crippen molar-refractivity contribution < 1.29 is 0 Å². The molecule has 0 aliphatic heterocycles. The van der Waals surface area contributed by atoms with Crippen LogP contribution in [-0.2, 0) is 20.0 Å². The molecule has 1 heterocycles. The number of anilines is 1. The van der Waals surface area contributed by atoms with Crippen LogP contribution in [0.2, 0.25) is 10.0 Å². The van der Waals surface area contributed by atoms with Crippen molar-refractivity contribution in [3.8, 4) is 0 Å². The summed E-state index contributed by atoms with van der Waals surface area (Å²) in [5.41, 5.74) is 3.22. The van der Waals surface area contributed by atoms with Crippen LogP contribution in [0, 0.1) is 0 Å². The van der Waals surface area contributed by atoms with Crippen molar-refractivity contribution in [3.05, 3.63) is 45.7 Å². The Labute approximate surface area is 117 Å². The summed E-state index contributed by atoms with van der Waals surface area (Å²) < 4.78 is 1.83. The molecule has 0 fully saturated rings. The molecule has 0 atom stereocenters. The lowest BCUT2D eigenvalue weighted by Crippen LogP contribution is -2.01. The van der Waals surface area contributed by atoms with E-state index in [2.05, 4.69) is 17.3 Å². The first-order valence-corrected chi connectivity index (χ1v) is 6.55. The largest absolute Gasteiger partial charge is 0.381 e. The molecule has 0 amide bonds. The van der Waals surface area contributed by atoms with E-state index in [4.69, 9.17) is 23.2 Å². The predicted molar refractivity (Wildman–Crippen MR) is 76.4 cm³/mol. The molecular formula is C13H15Cl2N3. The first-order valence-electron chi connectivity index (χ1n) is 5.80. The Balaban J connectivity index is 2.11. The topological polar surface area (TPSA) is 29.9 Å². The molecule has 1 aromatic heterocycles. The van der Waals surface area contributed by atoms with E-state index in [1.165, 1.54) is 5.56 Å². The molecule has 2 aromatic rings. The monoisotopic (exact) mass is 283 g/mol. The molecule has 0 aliphatic carbocycles. The third-order valence-corrected chi connectivity index (χ3v) is 3.11. The van der Waals surface area contributed by atoms with Crippen molar-refractivity contribution in [1.82, 2.24) is 9.78 Å². The summed E-state index contributed by atoms with van der Waals surface area (Å²) in [5, 5.41) is 8.97. The highest BCUT2D eigenvalue weighted by atomic mass is 35.5. The maximum Gasteiger partial charge on any atom is 0.0671 e. The van der Waals surface area contributed by atoms with Crippen molar-refractivity contribution in [2.24, 2.45) is 7.05 Å². The number of hydrogen-bond acceptors (Lipinski definition) is 2. The summed E-state index contributed by atoms with van der Waals surface area (Å²) in [6, 6.07) is 5.43. The molecule has 18 heavy (non-hydrogen) atoms. The minimum absolute atomic E-state index is 0.631. The second-order valence-corrected chi connectivity index (χ2v) is 5.01. The highest BCUT2D eigenvalue weighted by Crippen LogP contribution is 2.23. The lowest BCUT2D eigenvalue weighted by molar-refractivity contribution is 0.746. The van der Waals surface area contributed by atoms with Gasteiger partial charge in [0.1, 0.15) is 0 Å². The van der Waals surface area contributed by atoms with Gasteiger partial charge in [-0.2, -0.15) is 5.10 Å². The number of hydrogen-bond donors (Lipinski definition) is 1. The number of halogens is 2. The van der Waals surface area contributed by atoms with Crippen LogP contribution in [-0.4, -0.2) is 9.78 Å². The zero-order chi connectivity index (χ0) is 13.1. The van der Waals surface area contributed by atoms with E-state index in [1.807, 2.05) is 30.1 Å². The summed E-state index contributed by atoms with van der Waals surface area (Å²) in [7, 11) is 1.93. The van der Waals surface area contributed by atoms with Crippen LogP contribution in [0.15, 0.2) is 24.4 Å². The molecule has 2 rings (SSSR count). The van der Waals surface area contributed by atoms with Crippen molar-refractivity contribution in [3.63, 3.8) is 0 Å². The van der Waals surface area contributed by atoms with Gasteiger partial charge in [-0.3, -0.25) is 4.68 Å². The SMILES string of the molecule is CCc1nn(C)cc1CNc1cc(Cl)cc(Cl)c1. The Morgan fingerprint density at radius 2 is 1.89 bits per heavy atom. The quantitative estimate of drug-likeness (QED) is 0.922. The van der Waals surface area contributed by atoms with Crippen molar-refractivity contribution in [1.29, 1.82) is 0 Å². The van der Waals surface area contributed by atoms with Crippen LogP contribution in [0.5, 0.6) is 0 Å². The van der Waals surface area contributed by atoms with Gasteiger partial charge in [0.25, 0.3) is 0 Å². The molecule has 0 spiro atoms. The minimum atomic E-state index is 0.631. The van der Waals surface area contributed by atoms with Gasteiger partial charge in [0.15, 0.2) is 0 Å². The third kappa shape index (κ3) is 3.18. The Kier molecular flexibility index (Phi) is 4.15. The Morgan fingerprint density at radius 1 is 1.22 bits per heavy atom. The number of aryl methyl sites for hydroxylation is 2. The zero-order valence-electron chi connectivity index (χ0n) is 10.4. The average Bonchev–Trinajstić information content (AvgIpc) is 2.66. The second kappa shape index (κ2) is 5.63. The summed E-state index contributed by atoms with van der Waals surface area (Å²) in [6.07, 6.45) is 2.95. The first-order chi connectivity index (χ1) is 8.58. The Hall–Kier alpha value is -1.19. The Morgan fingerprint density at radius 3 is 2.50 bits per heavy atom. The fraction of sp³-hybridized carbons (Fsp3) is 0.308. The van der Waals surface area contributed by atoms with Gasteiger partial charge in [0.2, 0.25) is 0 Å². The number of nitrogens with zero attached hydrogens (tertiary/aromatic N) is 2. The molecule has 1 aromatic carbocycles. The van der Waals surface area contributed by atoms with Crippen LogP contribution in [0.3, 0.4) is 0 Å². The maximum absolute atomic E-state index is 5.95. The lowest BCUT2D eigenvalue weighted by Gasteiger charge is -2.07. The van der Waals surface area contributed by atoms with Gasteiger partial charge in [-0.15, -0.1) is 0 Å². The second-order valence-electron chi connectivity index (χ2n) is 4.14. The van der Waals surface area contributed by atoms with E-state index in [0.29, 0.717) is 16.6 Å². The van der Waals surface area contributed by atoms with E-state index >= 15 is 0 Å². The van der Waals surface area contributed by atoms with E-state index < -0.39 is 0 Å². The molecule has 0 radical (unpaired) electrons. The van der Waals surface area contributed by atoms with Gasteiger partial charge in [-0.25, -0.2) is 0 Å². The van der Waals surface area contributed by atoms with Crippen LogP contribution in [0.1, 0.15) is 18.2 Å². The van der Waals surface area contributed by atoms with Gasteiger partial charge in [0.05, 0.1) is 5.69 Å². The van der Waals surface area contributed by atoms with E-state index in [1.54, 1.807) is 6.07 Å². The normalized spacial score (nSPS) is 10.7. The smallest absolute Gasteiger partial charge is 0.0671 e. The average molecular weight is 284 g/mol. The number of rotatable bonds is 4. The van der Waals surface area contributed by atoms with Gasteiger partial charge in [-0.05, 0) is 24.6 Å². The Bertz CT molecular complexity index is 529. The lowest BCUT2D eigenvalue weighted by atomic mass is 10.2. The standard InChI is InChI=1S/C13H15Cl2N3/c1-3-13-9(8-18(2)17-13)7-16-12-5-10(14)4-11(15)6-12/h4-6,8,16H,3,7H2,1-2H3. The summed E-state index contributed by atoms with van der Waals surface area (Å²) in [6.45, 7) is 2.82.